The Morgan fingerprint density at radius 2 is 1.42 bits per heavy atom. The van der Waals surface area contributed by atoms with E-state index in [1.54, 1.807) is 42.7 Å². The fourth-order valence-electron chi connectivity index (χ4n) is 2.97. The molecule has 150 valence electrons. The average Bonchev–Trinajstić information content (AvgIpc) is 2.80. The normalized spacial score (nSPS) is 10.0. The van der Waals surface area contributed by atoms with Crippen LogP contribution in [0.1, 0.15) is 5.56 Å². The summed E-state index contributed by atoms with van der Waals surface area (Å²) in [4.78, 5) is 20.9. The lowest BCUT2D eigenvalue weighted by Gasteiger charge is -2.10. The van der Waals surface area contributed by atoms with Crippen molar-refractivity contribution < 1.29 is 4.79 Å². The molecule has 0 unspecified atom stereocenters. The predicted molar refractivity (Wildman–Crippen MR) is 121 cm³/mol. The van der Waals surface area contributed by atoms with Gasteiger partial charge in [0.2, 0.25) is 0 Å². The molecule has 0 radical (unpaired) electrons. The van der Waals surface area contributed by atoms with Crippen LogP contribution in [0.4, 0.5) is 27.8 Å². The minimum atomic E-state index is -0.444. The van der Waals surface area contributed by atoms with Gasteiger partial charge < -0.3 is 10.6 Å². The molecule has 2 heterocycles. The number of nitrogens with one attached hydrogen (secondary N) is 3. The molecule has 3 N–H and O–H groups in total. The van der Waals surface area contributed by atoms with Crippen LogP contribution in [0, 0.1) is 11.3 Å². The van der Waals surface area contributed by atoms with Crippen molar-refractivity contribution in [3.05, 3.63) is 96.8 Å². The van der Waals surface area contributed by atoms with Crippen molar-refractivity contribution in [2.24, 2.45) is 0 Å². The van der Waals surface area contributed by atoms with Gasteiger partial charge in [-0.25, -0.2) is 14.8 Å². The van der Waals surface area contributed by atoms with Crippen molar-refractivity contribution in [1.82, 2.24) is 9.97 Å². The summed E-state index contributed by atoms with van der Waals surface area (Å²) >= 11 is 0. The van der Waals surface area contributed by atoms with Crippen molar-refractivity contribution >= 4 is 29.0 Å². The Morgan fingerprint density at radius 1 is 0.742 bits per heavy atom. The SMILES string of the molecule is N#Cc1cccc(NC(=O)Nc2cc(-c3ccnc(Nc4ccccc4)c3)ccn2)c1. The van der Waals surface area contributed by atoms with Gasteiger partial charge >= 0.3 is 6.03 Å². The Balaban J connectivity index is 1.47. The molecule has 0 fully saturated rings. The molecule has 7 heteroatoms. The second kappa shape index (κ2) is 9.20. The van der Waals surface area contributed by atoms with Gasteiger partial charge in [0.05, 0.1) is 11.6 Å². The molecular formula is C24H18N6O. The van der Waals surface area contributed by atoms with Crippen LogP contribution in [0.25, 0.3) is 11.1 Å². The number of hydrogen-bond donors (Lipinski definition) is 3. The number of aromatic nitrogens is 2. The number of rotatable bonds is 5. The van der Waals surface area contributed by atoms with E-state index in [0.717, 1.165) is 16.8 Å². The highest BCUT2D eigenvalue weighted by Crippen LogP contribution is 2.24. The van der Waals surface area contributed by atoms with E-state index in [-0.39, 0.29) is 0 Å². The van der Waals surface area contributed by atoms with Crippen molar-refractivity contribution in [2.45, 2.75) is 0 Å². The lowest BCUT2D eigenvalue weighted by molar-refractivity contribution is 0.262. The third-order valence-corrected chi connectivity index (χ3v) is 4.39. The van der Waals surface area contributed by atoms with E-state index in [1.165, 1.54) is 0 Å². The van der Waals surface area contributed by atoms with Gasteiger partial charge in [-0.3, -0.25) is 5.32 Å². The number of nitrogens with zero attached hydrogens (tertiary/aromatic N) is 3. The molecule has 0 aliphatic heterocycles. The van der Waals surface area contributed by atoms with Crippen LogP contribution in [-0.2, 0) is 0 Å². The number of carbonyl (C=O) groups is 1. The first kappa shape index (κ1) is 19.6. The topological polar surface area (TPSA) is 103 Å². The maximum atomic E-state index is 12.3. The Bertz CT molecular complexity index is 1250. The van der Waals surface area contributed by atoms with Gasteiger partial charge in [0.15, 0.2) is 0 Å². The zero-order valence-corrected chi connectivity index (χ0v) is 16.4. The van der Waals surface area contributed by atoms with E-state index >= 15 is 0 Å². The first-order valence-corrected chi connectivity index (χ1v) is 9.52. The van der Waals surface area contributed by atoms with Crippen LogP contribution in [0.5, 0.6) is 0 Å². The Labute approximate surface area is 179 Å². The number of para-hydroxylation sites is 1. The molecule has 0 spiro atoms. The molecule has 0 saturated carbocycles. The fraction of sp³-hybridized carbons (Fsp3) is 0. The number of urea groups is 1. The second-order valence-electron chi connectivity index (χ2n) is 6.62. The average molecular weight is 406 g/mol. The highest BCUT2D eigenvalue weighted by molar-refractivity contribution is 5.99. The highest BCUT2D eigenvalue weighted by atomic mass is 16.2. The maximum Gasteiger partial charge on any atom is 0.324 e. The Kier molecular flexibility index (Phi) is 5.82. The van der Waals surface area contributed by atoms with Crippen molar-refractivity contribution in [3.8, 4) is 17.2 Å². The number of nitriles is 1. The highest BCUT2D eigenvalue weighted by Gasteiger charge is 2.07. The second-order valence-corrected chi connectivity index (χ2v) is 6.62. The first-order valence-electron chi connectivity index (χ1n) is 9.52. The van der Waals surface area contributed by atoms with Crippen LogP contribution >= 0.6 is 0 Å². The first-order chi connectivity index (χ1) is 15.2. The number of hydrogen-bond acceptors (Lipinski definition) is 5. The monoisotopic (exact) mass is 406 g/mol. The predicted octanol–water partition coefficient (Wildman–Crippen LogP) is 5.40. The van der Waals surface area contributed by atoms with Gasteiger partial charge in [0.25, 0.3) is 0 Å². The smallest absolute Gasteiger partial charge is 0.324 e. The molecule has 2 aromatic heterocycles. The number of carbonyl (C=O) groups excluding carboxylic acids is 1. The summed E-state index contributed by atoms with van der Waals surface area (Å²) in [7, 11) is 0. The van der Waals surface area contributed by atoms with Crippen LogP contribution in [-0.4, -0.2) is 16.0 Å². The fourth-order valence-corrected chi connectivity index (χ4v) is 2.97. The minimum Gasteiger partial charge on any atom is -0.340 e. The summed E-state index contributed by atoms with van der Waals surface area (Å²) in [6.07, 6.45) is 3.36. The molecule has 0 aliphatic carbocycles. The van der Waals surface area contributed by atoms with Crippen molar-refractivity contribution in [2.75, 3.05) is 16.0 Å². The van der Waals surface area contributed by atoms with Gasteiger partial charge in [0, 0.05) is 23.8 Å². The van der Waals surface area contributed by atoms with Crippen LogP contribution < -0.4 is 16.0 Å². The van der Waals surface area contributed by atoms with Crippen molar-refractivity contribution in [1.29, 1.82) is 5.26 Å². The summed E-state index contributed by atoms with van der Waals surface area (Å²) in [5.41, 5.74) is 3.76. The molecule has 2 amide bonds. The molecule has 31 heavy (non-hydrogen) atoms. The number of pyridine rings is 2. The summed E-state index contributed by atoms with van der Waals surface area (Å²) in [6, 6.07) is 25.5. The molecule has 4 aromatic rings. The van der Waals surface area contributed by atoms with Crippen LogP contribution in [0.2, 0.25) is 0 Å². The standard InChI is InChI=1S/C24H18N6O/c25-16-17-5-4-8-21(13-17)29-24(31)30-23-15-19(10-12-27-23)18-9-11-26-22(14-18)28-20-6-2-1-3-7-20/h1-15H,(H,26,28)(H2,27,29,30,31). The summed E-state index contributed by atoms with van der Waals surface area (Å²) in [5.74, 6) is 1.12. The van der Waals surface area contributed by atoms with Crippen molar-refractivity contribution in [3.63, 3.8) is 0 Å². The van der Waals surface area contributed by atoms with Gasteiger partial charge in [0.1, 0.15) is 11.6 Å². The Hall–Kier alpha value is -4.70. The lowest BCUT2D eigenvalue weighted by atomic mass is 10.1. The zero-order chi connectivity index (χ0) is 21.5. The van der Waals surface area contributed by atoms with Gasteiger partial charge in [-0.1, -0.05) is 24.3 Å². The van der Waals surface area contributed by atoms with Crippen LogP contribution in [0.15, 0.2) is 91.3 Å². The maximum absolute atomic E-state index is 12.3. The van der Waals surface area contributed by atoms with Crippen LogP contribution in [0.3, 0.4) is 0 Å². The molecule has 0 saturated heterocycles. The van der Waals surface area contributed by atoms with E-state index in [0.29, 0.717) is 22.9 Å². The summed E-state index contributed by atoms with van der Waals surface area (Å²) < 4.78 is 0. The van der Waals surface area contributed by atoms with E-state index in [9.17, 15) is 4.79 Å². The third-order valence-electron chi connectivity index (χ3n) is 4.39. The molecule has 0 bridgehead atoms. The third kappa shape index (κ3) is 5.22. The zero-order valence-electron chi connectivity index (χ0n) is 16.4. The molecule has 4 rings (SSSR count). The molecule has 7 nitrogen and oxygen atoms in total. The number of benzene rings is 2. The van der Waals surface area contributed by atoms with E-state index < -0.39 is 6.03 Å². The minimum absolute atomic E-state index is 0.404. The Morgan fingerprint density at radius 3 is 2.16 bits per heavy atom. The van der Waals surface area contributed by atoms with E-state index in [2.05, 4.69) is 25.9 Å². The summed E-state index contributed by atoms with van der Waals surface area (Å²) in [5, 5.41) is 17.7. The number of anilines is 4. The summed E-state index contributed by atoms with van der Waals surface area (Å²) in [6.45, 7) is 0. The molecule has 0 aliphatic rings. The van der Waals surface area contributed by atoms with Gasteiger partial charge in [-0.2, -0.15) is 5.26 Å². The van der Waals surface area contributed by atoms with Gasteiger partial charge in [-0.05, 0) is 65.7 Å². The largest absolute Gasteiger partial charge is 0.340 e. The molecular weight excluding hydrogens is 388 g/mol. The molecule has 0 atom stereocenters. The van der Waals surface area contributed by atoms with E-state index in [4.69, 9.17) is 5.26 Å². The number of amides is 2. The quantitative estimate of drug-likeness (QED) is 0.412. The van der Waals surface area contributed by atoms with Gasteiger partial charge in [-0.15, -0.1) is 0 Å². The van der Waals surface area contributed by atoms with E-state index in [1.807, 2.05) is 54.6 Å². The molecule has 2 aromatic carbocycles. The lowest BCUT2D eigenvalue weighted by Crippen LogP contribution is -2.20.